The third kappa shape index (κ3) is 3.90. The summed E-state index contributed by atoms with van der Waals surface area (Å²) in [6.45, 7) is 0. The maximum Gasteiger partial charge on any atom is 0.400 e. The average molecular weight is 513 g/mol. The number of carbonyl (C=O) groups is 1. The predicted octanol–water partition coefficient (Wildman–Crippen LogP) is 5.25. The Morgan fingerprint density at radius 2 is 2.00 bits per heavy atom. The zero-order chi connectivity index (χ0) is 25.9. The third-order valence-electron chi connectivity index (χ3n) is 6.87. The van der Waals surface area contributed by atoms with E-state index in [1.807, 2.05) is 6.20 Å². The molecule has 0 aliphatic heterocycles. The minimum Gasteiger partial charge on any atom is -0.495 e. The molecular weight excluding hydrogens is 491 g/mol. The van der Waals surface area contributed by atoms with Crippen molar-refractivity contribution in [1.82, 2.24) is 19.7 Å². The number of anilines is 3. The molecule has 3 aromatic heterocycles. The molecule has 1 aromatic carbocycles. The Kier molecular flexibility index (Phi) is 5.07. The van der Waals surface area contributed by atoms with E-state index < -0.39 is 17.6 Å². The van der Waals surface area contributed by atoms with E-state index >= 15 is 0 Å². The van der Waals surface area contributed by atoms with Crippen LogP contribution in [-0.4, -0.2) is 39.0 Å². The first-order chi connectivity index (χ1) is 17.7. The van der Waals surface area contributed by atoms with Gasteiger partial charge in [-0.2, -0.15) is 13.2 Å². The van der Waals surface area contributed by atoms with Gasteiger partial charge in [-0.25, -0.2) is 14.8 Å². The van der Waals surface area contributed by atoms with Crippen LogP contribution in [0.25, 0.3) is 22.2 Å². The Labute approximate surface area is 208 Å². The molecule has 0 unspecified atom stereocenters. The summed E-state index contributed by atoms with van der Waals surface area (Å²) < 4.78 is 52.5. The van der Waals surface area contributed by atoms with Crippen LogP contribution in [0.3, 0.4) is 0 Å². The van der Waals surface area contributed by atoms with E-state index in [4.69, 9.17) is 15.0 Å². The quantitative estimate of drug-likeness (QED) is 0.321. The molecule has 2 amide bonds. The lowest BCUT2D eigenvalue weighted by Crippen LogP contribution is -2.28. The monoisotopic (exact) mass is 513 g/mol. The van der Waals surface area contributed by atoms with Crippen molar-refractivity contribution in [2.75, 3.05) is 23.5 Å². The lowest BCUT2D eigenvalue weighted by Gasteiger charge is -2.15. The molecule has 4 aromatic rings. The van der Waals surface area contributed by atoms with Crippen molar-refractivity contribution in [2.45, 2.75) is 43.3 Å². The van der Waals surface area contributed by atoms with Gasteiger partial charge in [-0.05, 0) is 43.4 Å². The molecule has 2 fully saturated rings. The van der Waals surface area contributed by atoms with E-state index in [1.165, 1.54) is 13.4 Å². The average Bonchev–Trinajstić information content (AvgIpc) is 3.78. The van der Waals surface area contributed by atoms with Gasteiger partial charge < -0.3 is 24.9 Å². The minimum absolute atomic E-state index is 0.0602. The number of hydrogen-bond acceptors (Lipinski definition) is 7. The lowest BCUT2D eigenvalue weighted by atomic mass is 10.0. The van der Waals surface area contributed by atoms with Crippen LogP contribution >= 0.6 is 0 Å². The summed E-state index contributed by atoms with van der Waals surface area (Å²) in [5.41, 5.74) is 6.67. The van der Waals surface area contributed by atoms with Gasteiger partial charge in [0.15, 0.2) is 0 Å². The second-order valence-corrected chi connectivity index (χ2v) is 9.29. The van der Waals surface area contributed by atoms with Crippen molar-refractivity contribution >= 4 is 34.5 Å². The van der Waals surface area contributed by atoms with Gasteiger partial charge in [-0.15, -0.1) is 0 Å². The van der Waals surface area contributed by atoms with E-state index in [-0.39, 0.29) is 24.4 Å². The number of urea groups is 1. The van der Waals surface area contributed by atoms with E-state index in [9.17, 15) is 18.0 Å². The van der Waals surface area contributed by atoms with Gasteiger partial charge in [-0.3, -0.25) is 5.32 Å². The number of methoxy groups -OCH3 is 1. The molecule has 2 aliphatic carbocycles. The maximum atomic E-state index is 13.3. The normalized spacial score (nSPS) is 16.5. The summed E-state index contributed by atoms with van der Waals surface area (Å²) in [6.07, 6.45) is 1.02. The number of hydrogen-bond donors (Lipinski definition) is 3. The predicted molar refractivity (Wildman–Crippen MR) is 128 cm³/mol. The summed E-state index contributed by atoms with van der Waals surface area (Å²) in [5.74, 6) is 0.537. The van der Waals surface area contributed by atoms with Gasteiger partial charge in [0.05, 0.1) is 18.2 Å². The molecular formula is C24H22F3N7O3. The van der Waals surface area contributed by atoms with Crippen molar-refractivity contribution in [1.29, 1.82) is 0 Å². The van der Waals surface area contributed by atoms with E-state index in [0.29, 0.717) is 23.3 Å². The van der Waals surface area contributed by atoms with Crippen molar-refractivity contribution in [3.05, 3.63) is 42.5 Å². The standard InChI is InChI=1S/C24H22F3N7O3/c1-36-16-8-12(14-10-34(13-3-4-13)21-19(14)20(28)29-11-30-21)2-5-15(16)31-22(35)32-18-9-17(33-37-18)23(6-7-23)24(25,26)27/h2,5,8-11,13H,3-4,6-7H2,1H3,(H2,28,29,30)(H2,31,32,35). The van der Waals surface area contributed by atoms with Crippen LogP contribution < -0.4 is 21.1 Å². The fourth-order valence-electron chi connectivity index (χ4n) is 4.56. The Morgan fingerprint density at radius 1 is 1.22 bits per heavy atom. The number of nitrogens with two attached hydrogens (primary N) is 1. The van der Waals surface area contributed by atoms with Crippen LogP contribution in [0, 0.1) is 0 Å². The number of amides is 2. The molecule has 4 N–H and O–H groups in total. The number of nitrogens with one attached hydrogen (secondary N) is 2. The van der Waals surface area contributed by atoms with Crippen LogP contribution in [-0.2, 0) is 5.41 Å². The summed E-state index contributed by atoms with van der Waals surface area (Å²) in [4.78, 5) is 21.1. The van der Waals surface area contributed by atoms with Crippen LogP contribution in [0.4, 0.5) is 35.4 Å². The molecule has 0 saturated heterocycles. The fraction of sp³-hybridized carbons (Fsp3) is 0.333. The highest BCUT2D eigenvalue weighted by molar-refractivity contribution is 6.03. The number of nitrogens with zero attached hydrogens (tertiary/aromatic N) is 4. The number of nitrogen functional groups attached to an aromatic ring is 1. The highest BCUT2D eigenvalue weighted by Gasteiger charge is 2.66. The number of ether oxygens (including phenoxy) is 1. The zero-order valence-electron chi connectivity index (χ0n) is 19.6. The van der Waals surface area contributed by atoms with Crippen LogP contribution in [0.1, 0.15) is 37.4 Å². The molecule has 2 saturated carbocycles. The van der Waals surface area contributed by atoms with Gasteiger partial charge in [0.25, 0.3) is 0 Å². The molecule has 13 heteroatoms. The van der Waals surface area contributed by atoms with Gasteiger partial charge in [0, 0.05) is 23.9 Å². The van der Waals surface area contributed by atoms with E-state index in [0.717, 1.165) is 41.1 Å². The first-order valence-electron chi connectivity index (χ1n) is 11.6. The second-order valence-electron chi connectivity index (χ2n) is 9.29. The van der Waals surface area contributed by atoms with Crippen LogP contribution in [0.2, 0.25) is 0 Å². The number of halogens is 3. The molecule has 192 valence electrons. The Morgan fingerprint density at radius 3 is 2.68 bits per heavy atom. The van der Waals surface area contributed by atoms with Crippen molar-refractivity contribution < 1.29 is 27.2 Å². The third-order valence-corrected chi connectivity index (χ3v) is 6.87. The first-order valence-corrected chi connectivity index (χ1v) is 11.6. The largest absolute Gasteiger partial charge is 0.495 e. The Hall–Kier alpha value is -4.29. The Balaban J connectivity index is 1.23. The molecule has 2 aliphatic rings. The first kappa shape index (κ1) is 23.1. The van der Waals surface area contributed by atoms with Crippen LogP contribution in [0.15, 0.2) is 41.3 Å². The van der Waals surface area contributed by atoms with Gasteiger partial charge in [0.1, 0.15) is 34.7 Å². The smallest absolute Gasteiger partial charge is 0.400 e. The molecule has 0 radical (unpaired) electrons. The van der Waals surface area contributed by atoms with Gasteiger partial charge in [0.2, 0.25) is 5.88 Å². The zero-order valence-corrected chi connectivity index (χ0v) is 19.6. The van der Waals surface area contributed by atoms with Crippen molar-refractivity contribution in [3.63, 3.8) is 0 Å². The number of aromatic nitrogens is 4. The molecule has 6 rings (SSSR count). The number of fused-ring (bicyclic) bond motifs is 1. The van der Waals surface area contributed by atoms with Gasteiger partial charge >= 0.3 is 12.2 Å². The Bertz CT molecular complexity index is 1520. The van der Waals surface area contributed by atoms with Crippen molar-refractivity contribution in [2.24, 2.45) is 0 Å². The number of carbonyl (C=O) groups excluding carboxylic acids is 1. The topological polar surface area (TPSA) is 133 Å². The molecule has 0 atom stereocenters. The number of rotatable bonds is 6. The summed E-state index contributed by atoms with van der Waals surface area (Å²) in [7, 11) is 1.46. The van der Waals surface area contributed by atoms with Crippen molar-refractivity contribution in [3.8, 4) is 16.9 Å². The van der Waals surface area contributed by atoms with E-state index in [1.54, 1.807) is 18.2 Å². The highest BCUT2D eigenvalue weighted by Crippen LogP contribution is 2.58. The SMILES string of the molecule is COc1cc(-c2cn(C3CC3)c3ncnc(N)c23)ccc1NC(=O)Nc1cc(C2(C(F)(F)F)CC2)no1. The minimum atomic E-state index is -4.43. The molecule has 0 bridgehead atoms. The highest BCUT2D eigenvalue weighted by atomic mass is 19.4. The summed E-state index contributed by atoms with van der Waals surface area (Å²) in [6, 6.07) is 5.95. The van der Waals surface area contributed by atoms with E-state index in [2.05, 4.69) is 30.3 Å². The molecule has 37 heavy (non-hydrogen) atoms. The number of alkyl halides is 3. The molecule has 10 nitrogen and oxygen atoms in total. The maximum absolute atomic E-state index is 13.3. The number of benzene rings is 1. The summed E-state index contributed by atoms with van der Waals surface area (Å²) >= 11 is 0. The fourth-order valence-corrected chi connectivity index (χ4v) is 4.56. The van der Waals surface area contributed by atoms with Gasteiger partial charge in [-0.1, -0.05) is 11.2 Å². The molecule has 0 spiro atoms. The second kappa shape index (κ2) is 8.11. The van der Waals surface area contributed by atoms with Crippen LogP contribution in [0.5, 0.6) is 5.75 Å². The molecule has 3 heterocycles. The summed E-state index contributed by atoms with van der Waals surface area (Å²) in [5, 5.41) is 9.26. The lowest BCUT2D eigenvalue weighted by molar-refractivity contribution is -0.161.